The van der Waals surface area contributed by atoms with Gasteiger partial charge in [0.2, 0.25) is 0 Å². The van der Waals surface area contributed by atoms with Crippen molar-refractivity contribution in [2.24, 2.45) is 10.8 Å². The van der Waals surface area contributed by atoms with E-state index >= 15 is 0 Å². The van der Waals surface area contributed by atoms with E-state index in [9.17, 15) is 4.79 Å². The van der Waals surface area contributed by atoms with Gasteiger partial charge in [-0.25, -0.2) is 0 Å². The minimum atomic E-state index is -0.489. The van der Waals surface area contributed by atoms with Crippen LogP contribution in [-0.4, -0.2) is 16.0 Å². The van der Waals surface area contributed by atoms with Crippen LogP contribution in [0.3, 0.4) is 0 Å². The molecule has 0 radical (unpaired) electrons. The van der Waals surface area contributed by atoms with Crippen molar-refractivity contribution < 1.29 is 4.79 Å². The second-order valence-electron chi connectivity index (χ2n) is 11.5. The number of fused-ring (bicyclic) bond motifs is 1. The molecule has 0 saturated heterocycles. The molecule has 1 fully saturated rings. The van der Waals surface area contributed by atoms with Gasteiger partial charge in [0.05, 0.1) is 5.41 Å². The summed E-state index contributed by atoms with van der Waals surface area (Å²) in [6.45, 7) is 13.4. The normalized spacial score (nSPS) is 27.2. The lowest BCUT2D eigenvalue weighted by Gasteiger charge is -2.46. The van der Waals surface area contributed by atoms with Crippen molar-refractivity contribution in [2.75, 3.05) is 5.32 Å². The number of aromatic amines is 1. The zero-order valence-corrected chi connectivity index (χ0v) is 19.1. The molecule has 3 aliphatic rings. The number of rotatable bonds is 2. The number of anilines is 1. The molecule has 5 rings (SSSR count). The number of ketones is 1. The van der Waals surface area contributed by atoms with Crippen LogP contribution in [0.2, 0.25) is 0 Å². The fourth-order valence-corrected chi connectivity index (χ4v) is 6.25. The summed E-state index contributed by atoms with van der Waals surface area (Å²) < 4.78 is 0. The van der Waals surface area contributed by atoms with E-state index in [2.05, 4.69) is 76.2 Å². The van der Waals surface area contributed by atoms with Crippen molar-refractivity contribution >= 4 is 11.6 Å². The van der Waals surface area contributed by atoms with Gasteiger partial charge in [-0.05, 0) is 49.5 Å². The first-order chi connectivity index (χ1) is 14.0. The number of H-pyrrole nitrogens is 1. The molecule has 1 aromatic heterocycles. The molecule has 0 bridgehead atoms. The van der Waals surface area contributed by atoms with Crippen molar-refractivity contribution in [3.8, 4) is 0 Å². The van der Waals surface area contributed by atoms with Crippen molar-refractivity contribution in [3.05, 3.63) is 57.9 Å². The monoisotopic (exact) mass is 403 g/mol. The molecule has 1 saturated carbocycles. The van der Waals surface area contributed by atoms with Crippen LogP contribution >= 0.6 is 0 Å². The highest BCUT2D eigenvalue weighted by Gasteiger charge is 2.51. The zero-order chi connectivity index (χ0) is 21.5. The molecule has 1 unspecified atom stereocenters. The summed E-state index contributed by atoms with van der Waals surface area (Å²) >= 11 is 0. The molecule has 2 N–H and O–H groups in total. The number of hydrogen-bond donors (Lipinski definition) is 2. The number of carbonyl (C=O) groups is 1. The van der Waals surface area contributed by atoms with Crippen LogP contribution in [0.4, 0.5) is 5.82 Å². The number of aromatic nitrogens is 2. The molecule has 30 heavy (non-hydrogen) atoms. The maximum absolute atomic E-state index is 13.6. The standard InChI is InChI=1S/C26H33N3O/c1-15-8-7-9-17(10-15)26(6)20-18(13-25(4,5)14-19(20)30)27-23-21(26)22(28-29-23)16-11-24(2,3)12-16/h7-10,16H,11-14H2,1-6H3,(H2,27,28,29). The topological polar surface area (TPSA) is 57.8 Å². The molecule has 0 spiro atoms. The Hall–Kier alpha value is -2.36. The van der Waals surface area contributed by atoms with Gasteiger partial charge in [0.1, 0.15) is 0 Å². The van der Waals surface area contributed by atoms with Gasteiger partial charge in [0.25, 0.3) is 0 Å². The third-order valence-corrected chi connectivity index (χ3v) is 7.54. The average molecular weight is 404 g/mol. The number of nitrogens with one attached hydrogen (secondary N) is 2. The molecule has 158 valence electrons. The molecular formula is C26H33N3O. The summed E-state index contributed by atoms with van der Waals surface area (Å²) in [5, 5.41) is 11.7. The summed E-state index contributed by atoms with van der Waals surface area (Å²) in [5.41, 5.74) is 6.65. The highest BCUT2D eigenvalue weighted by molar-refractivity contribution is 6.03. The highest BCUT2D eigenvalue weighted by atomic mass is 16.1. The van der Waals surface area contributed by atoms with Crippen LogP contribution in [0.1, 0.15) is 88.6 Å². The van der Waals surface area contributed by atoms with Crippen molar-refractivity contribution in [1.29, 1.82) is 0 Å². The number of hydrogen-bond acceptors (Lipinski definition) is 3. The highest BCUT2D eigenvalue weighted by Crippen LogP contribution is 2.57. The summed E-state index contributed by atoms with van der Waals surface area (Å²) in [7, 11) is 0. The Morgan fingerprint density at radius 1 is 1.03 bits per heavy atom. The first kappa shape index (κ1) is 19.6. The van der Waals surface area contributed by atoms with Crippen molar-refractivity contribution in [1.82, 2.24) is 10.2 Å². The molecule has 2 aliphatic carbocycles. The van der Waals surface area contributed by atoms with E-state index in [-0.39, 0.29) is 11.2 Å². The van der Waals surface area contributed by atoms with Gasteiger partial charge >= 0.3 is 0 Å². The van der Waals surface area contributed by atoms with E-state index in [4.69, 9.17) is 5.10 Å². The number of nitrogens with zero attached hydrogens (tertiary/aromatic N) is 1. The second kappa shape index (κ2) is 6.09. The first-order valence-electron chi connectivity index (χ1n) is 11.2. The molecule has 1 atom stereocenters. The third kappa shape index (κ3) is 2.79. The van der Waals surface area contributed by atoms with Gasteiger partial charge in [-0.15, -0.1) is 0 Å². The maximum atomic E-state index is 13.6. The molecule has 4 nitrogen and oxygen atoms in total. The molecule has 1 aliphatic heterocycles. The minimum Gasteiger partial charge on any atom is -0.342 e. The van der Waals surface area contributed by atoms with E-state index in [1.165, 1.54) is 22.4 Å². The Morgan fingerprint density at radius 2 is 1.77 bits per heavy atom. The van der Waals surface area contributed by atoms with Crippen LogP contribution in [0, 0.1) is 17.8 Å². The van der Waals surface area contributed by atoms with Crippen LogP contribution in [0.25, 0.3) is 0 Å². The molecule has 2 heterocycles. The predicted molar refractivity (Wildman–Crippen MR) is 121 cm³/mol. The number of carbonyl (C=O) groups excluding carboxylic acids is 1. The van der Waals surface area contributed by atoms with E-state index in [1.54, 1.807) is 0 Å². The van der Waals surface area contributed by atoms with Gasteiger partial charge in [0.15, 0.2) is 11.6 Å². The summed E-state index contributed by atoms with van der Waals surface area (Å²) in [6.07, 6.45) is 3.76. The second-order valence-corrected chi connectivity index (χ2v) is 11.5. The molecular weight excluding hydrogens is 370 g/mol. The fraction of sp³-hybridized carbons (Fsp3) is 0.538. The average Bonchev–Trinajstić information content (AvgIpc) is 3.02. The predicted octanol–water partition coefficient (Wildman–Crippen LogP) is 6.00. The summed E-state index contributed by atoms with van der Waals surface area (Å²) in [5.74, 6) is 1.65. The number of allylic oxidation sites excluding steroid dienone is 2. The third-order valence-electron chi connectivity index (χ3n) is 7.54. The molecule has 0 amide bonds. The Kier molecular flexibility index (Phi) is 3.98. The summed E-state index contributed by atoms with van der Waals surface area (Å²) in [6, 6.07) is 8.66. The Bertz CT molecular complexity index is 1080. The maximum Gasteiger partial charge on any atom is 0.162 e. The Balaban J connectivity index is 1.74. The number of benzene rings is 1. The lowest BCUT2D eigenvalue weighted by Crippen LogP contribution is -2.43. The Labute approximate surface area is 179 Å². The van der Waals surface area contributed by atoms with E-state index in [0.29, 0.717) is 17.8 Å². The quantitative estimate of drug-likeness (QED) is 0.647. The Morgan fingerprint density at radius 3 is 2.43 bits per heavy atom. The number of Topliss-reactive ketones (excluding diaryl/α,β-unsaturated/α-hetero) is 1. The first-order valence-corrected chi connectivity index (χ1v) is 11.2. The molecule has 1 aromatic carbocycles. The molecule has 4 heteroatoms. The van der Waals surface area contributed by atoms with Crippen LogP contribution in [-0.2, 0) is 10.2 Å². The van der Waals surface area contributed by atoms with Gasteiger partial charge in [-0.2, -0.15) is 5.10 Å². The molecule has 2 aromatic rings. The van der Waals surface area contributed by atoms with Crippen LogP contribution in [0.15, 0.2) is 35.5 Å². The summed E-state index contributed by atoms with van der Waals surface area (Å²) in [4.78, 5) is 13.6. The van der Waals surface area contributed by atoms with E-state index in [0.717, 1.165) is 36.4 Å². The van der Waals surface area contributed by atoms with Crippen molar-refractivity contribution in [2.45, 2.75) is 78.6 Å². The van der Waals surface area contributed by atoms with Gasteiger partial charge in [-0.1, -0.05) is 57.5 Å². The fourth-order valence-electron chi connectivity index (χ4n) is 6.25. The van der Waals surface area contributed by atoms with Crippen LogP contribution in [0.5, 0.6) is 0 Å². The van der Waals surface area contributed by atoms with E-state index in [1.807, 2.05) is 0 Å². The van der Waals surface area contributed by atoms with Crippen molar-refractivity contribution in [3.63, 3.8) is 0 Å². The largest absolute Gasteiger partial charge is 0.342 e. The lowest BCUT2D eigenvalue weighted by atomic mass is 9.58. The van der Waals surface area contributed by atoms with Gasteiger partial charge in [-0.3, -0.25) is 9.89 Å². The SMILES string of the molecule is Cc1cccc(C2(C)C3=C(CC(C)(C)CC3=O)Nc3n[nH]c(C4CC(C)(C)C4)c32)c1. The smallest absolute Gasteiger partial charge is 0.162 e. The zero-order valence-electron chi connectivity index (χ0n) is 19.1. The van der Waals surface area contributed by atoms with E-state index < -0.39 is 5.41 Å². The van der Waals surface area contributed by atoms with Gasteiger partial charge < -0.3 is 5.32 Å². The number of aryl methyl sites for hydroxylation is 1. The van der Waals surface area contributed by atoms with Crippen LogP contribution < -0.4 is 5.32 Å². The van der Waals surface area contributed by atoms with Gasteiger partial charge in [0, 0.05) is 34.9 Å². The lowest BCUT2D eigenvalue weighted by molar-refractivity contribution is -0.118. The minimum absolute atomic E-state index is 0.0366.